The zero-order valence-electron chi connectivity index (χ0n) is 17.7. The van der Waals surface area contributed by atoms with Crippen molar-refractivity contribution in [3.8, 4) is 0 Å². The summed E-state index contributed by atoms with van der Waals surface area (Å²) in [6, 6.07) is 31.4. The van der Waals surface area contributed by atoms with Crippen molar-refractivity contribution in [3.05, 3.63) is 114 Å². The van der Waals surface area contributed by atoms with Gasteiger partial charge in [-0.1, -0.05) is 72.8 Å². The Labute approximate surface area is 183 Å². The van der Waals surface area contributed by atoms with Crippen molar-refractivity contribution in [3.63, 3.8) is 0 Å². The minimum atomic E-state index is -0.362. The van der Waals surface area contributed by atoms with Crippen LogP contribution in [-0.2, 0) is 5.41 Å². The molecule has 0 N–H and O–H groups in total. The standard InChI is InChI=1S/C29H25NO/c1-20-8-7-13-26(30-20)25-17-28(24-11-3-2-4-12-24)18-29(25,19-28)27(31)23-15-14-21-9-5-6-10-22(21)16-23/h2-16,25H,17-19H2,1H3/t25-,28?,29?/m0/s1. The van der Waals surface area contributed by atoms with E-state index in [4.69, 9.17) is 4.98 Å². The summed E-state index contributed by atoms with van der Waals surface area (Å²) in [5.41, 5.74) is 4.02. The van der Waals surface area contributed by atoms with Crippen molar-refractivity contribution in [2.75, 3.05) is 0 Å². The number of rotatable bonds is 4. The average Bonchev–Trinajstić information content (AvgIpc) is 3.32. The van der Waals surface area contributed by atoms with E-state index in [-0.39, 0.29) is 22.5 Å². The maximum atomic E-state index is 14.1. The van der Waals surface area contributed by atoms with Crippen molar-refractivity contribution >= 4 is 16.6 Å². The van der Waals surface area contributed by atoms with Crippen LogP contribution in [0.15, 0.2) is 91.0 Å². The lowest BCUT2D eigenvalue weighted by Crippen LogP contribution is -2.47. The fraction of sp³-hybridized carbons (Fsp3) is 0.241. The Morgan fingerprint density at radius 1 is 0.839 bits per heavy atom. The molecule has 0 saturated heterocycles. The van der Waals surface area contributed by atoms with E-state index in [0.717, 1.165) is 41.6 Å². The summed E-state index contributed by atoms with van der Waals surface area (Å²) < 4.78 is 0. The number of aryl methyl sites for hydroxylation is 1. The number of hydrogen-bond acceptors (Lipinski definition) is 2. The molecule has 3 aliphatic carbocycles. The van der Waals surface area contributed by atoms with E-state index in [9.17, 15) is 4.79 Å². The first kappa shape index (κ1) is 18.5. The van der Waals surface area contributed by atoms with Gasteiger partial charge in [-0.25, -0.2) is 0 Å². The Hall–Kier alpha value is -3.26. The van der Waals surface area contributed by atoms with E-state index in [0.29, 0.717) is 0 Å². The van der Waals surface area contributed by atoms with Crippen LogP contribution in [0, 0.1) is 12.3 Å². The lowest BCUT2D eigenvalue weighted by atomic mass is 9.54. The third kappa shape index (κ3) is 2.71. The normalized spacial score (nSPS) is 26.5. The Morgan fingerprint density at radius 2 is 1.58 bits per heavy atom. The summed E-state index contributed by atoms with van der Waals surface area (Å²) in [4.78, 5) is 18.9. The van der Waals surface area contributed by atoms with Gasteiger partial charge in [-0.15, -0.1) is 0 Å². The number of aromatic nitrogens is 1. The van der Waals surface area contributed by atoms with Gasteiger partial charge in [0.15, 0.2) is 5.78 Å². The molecule has 0 unspecified atom stereocenters. The second-order valence-electron chi connectivity index (χ2n) is 9.51. The maximum Gasteiger partial charge on any atom is 0.169 e. The predicted octanol–water partition coefficient (Wildman–Crippen LogP) is 6.63. The van der Waals surface area contributed by atoms with Crippen LogP contribution in [0.4, 0.5) is 0 Å². The maximum absolute atomic E-state index is 14.1. The van der Waals surface area contributed by atoms with E-state index >= 15 is 0 Å². The summed E-state index contributed by atoms with van der Waals surface area (Å²) in [5.74, 6) is 0.446. The predicted molar refractivity (Wildman–Crippen MR) is 124 cm³/mol. The van der Waals surface area contributed by atoms with Gasteiger partial charge in [0.05, 0.1) is 0 Å². The first-order chi connectivity index (χ1) is 15.1. The first-order valence-electron chi connectivity index (χ1n) is 11.1. The van der Waals surface area contributed by atoms with Gasteiger partial charge in [-0.05, 0) is 66.1 Å². The van der Waals surface area contributed by atoms with Crippen LogP contribution in [0.5, 0.6) is 0 Å². The topological polar surface area (TPSA) is 30.0 Å². The summed E-state index contributed by atoms with van der Waals surface area (Å²) in [6.07, 6.45) is 2.82. The molecule has 0 spiro atoms. The highest BCUT2D eigenvalue weighted by molar-refractivity contribution is 6.05. The number of ketones is 1. The van der Waals surface area contributed by atoms with Gasteiger partial charge in [0.25, 0.3) is 0 Å². The SMILES string of the molecule is Cc1cccc([C@@H]2CC3(c4ccccc4)CC2(C(=O)c2ccc4ccccc4c2)C3)n1. The lowest BCUT2D eigenvalue weighted by Gasteiger charge is -2.48. The highest BCUT2D eigenvalue weighted by Gasteiger charge is 2.70. The number of pyridine rings is 1. The minimum Gasteiger partial charge on any atom is -0.294 e. The molecule has 0 amide bonds. The summed E-state index contributed by atoms with van der Waals surface area (Å²) in [7, 11) is 0. The molecule has 1 aromatic heterocycles. The van der Waals surface area contributed by atoms with Gasteiger partial charge in [-0.2, -0.15) is 0 Å². The zero-order chi connectivity index (χ0) is 21.1. The molecule has 0 aliphatic heterocycles. The Kier molecular flexibility index (Phi) is 3.95. The molecule has 1 atom stereocenters. The molecule has 3 aromatic carbocycles. The molecular formula is C29H25NO. The van der Waals surface area contributed by atoms with Gasteiger partial charge in [0.1, 0.15) is 0 Å². The third-order valence-corrected chi connectivity index (χ3v) is 7.69. The Balaban J connectivity index is 1.45. The lowest BCUT2D eigenvalue weighted by molar-refractivity contribution is 0.0537. The monoisotopic (exact) mass is 403 g/mol. The fourth-order valence-corrected chi connectivity index (χ4v) is 6.33. The van der Waals surface area contributed by atoms with Crippen LogP contribution in [0.3, 0.4) is 0 Å². The number of Topliss-reactive ketones (excluding diaryl/α,β-unsaturated/α-hetero) is 1. The van der Waals surface area contributed by atoms with E-state index < -0.39 is 0 Å². The minimum absolute atomic E-state index is 0.0872. The van der Waals surface area contributed by atoms with Crippen LogP contribution in [0.2, 0.25) is 0 Å². The number of fused-ring (bicyclic) bond motifs is 2. The number of carbonyl (C=O) groups is 1. The van der Waals surface area contributed by atoms with E-state index in [1.54, 1.807) is 0 Å². The molecular weight excluding hydrogens is 378 g/mol. The number of nitrogens with zero attached hydrogens (tertiary/aromatic N) is 1. The second kappa shape index (κ2) is 6.62. The van der Waals surface area contributed by atoms with Crippen LogP contribution >= 0.6 is 0 Å². The van der Waals surface area contributed by atoms with Gasteiger partial charge in [-0.3, -0.25) is 9.78 Å². The summed E-state index contributed by atoms with van der Waals surface area (Å²) in [5, 5.41) is 2.30. The van der Waals surface area contributed by atoms with Crippen LogP contribution in [-0.4, -0.2) is 10.8 Å². The van der Waals surface area contributed by atoms with E-state index in [1.165, 1.54) is 10.9 Å². The molecule has 3 aliphatic rings. The largest absolute Gasteiger partial charge is 0.294 e. The first-order valence-corrected chi connectivity index (χ1v) is 11.1. The third-order valence-electron chi connectivity index (χ3n) is 7.69. The van der Waals surface area contributed by atoms with Crippen LogP contribution in [0.1, 0.15) is 52.5 Å². The molecule has 0 radical (unpaired) electrons. The quantitative estimate of drug-likeness (QED) is 0.358. The summed E-state index contributed by atoms with van der Waals surface area (Å²) in [6.45, 7) is 2.04. The Bertz CT molecular complexity index is 1300. The highest BCUT2D eigenvalue weighted by atomic mass is 16.1. The molecule has 31 heavy (non-hydrogen) atoms. The van der Waals surface area contributed by atoms with Crippen LogP contribution in [0.25, 0.3) is 10.8 Å². The van der Waals surface area contributed by atoms with E-state index in [1.807, 2.05) is 31.2 Å². The van der Waals surface area contributed by atoms with E-state index in [2.05, 4.69) is 66.7 Å². The molecule has 7 rings (SSSR count). The molecule has 4 aromatic rings. The fourth-order valence-electron chi connectivity index (χ4n) is 6.33. The molecule has 1 heterocycles. The smallest absolute Gasteiger partial charge is 0.169 e. The van der Waals surface area contributed by atoms with Crippen molar-refractivity contribution in [1.29, 1.82) is 0 Å². The molecule has 152 valence electrons. The number of benzene rings is 3. The van der Waals surface area contributed by atoms with Crippen LogP contribution < -0.4 is 0 Å². The van der Waals surface area contributed by atoms with Crippen molar-refractivity contribution < 1.29 is 4.79 Å². The van der Waals surface area contributed by atoms with Crippen molar-refractivity contribution in [2.24, 2.45) is 5.41 Å². The Morgan fingerprint density at radius 3 is 2.35 bits per heavy atom. The molecule has 2 bridgehead atoms. The molecule has 3 saturated carbocycles. The number of hydrogen-bond donors (Lipinski definition) is 0. The van der Waals surface area contributed by atoms with Gasteiger partial charge >= 0.3 is 0 Å². The zero-order valence-corrected chi connectivity index (χ0v) is 17.7. The van der Waals surface area contributed by atoms with Crippen molar-refractivity contribution in [2.45, 2.75) is 37.5 Å². The molecule has 2 heteroatoms. The second-order valence-corrected chi connectivity index (χ2v) is 9.51. The number of carbonyl (C=O) groups excluding carboxylic acids is 1. The molecule has 2 nitrogen and oxygen atoms in total. The summed E-state index contributed by atoms with van der Waals surface area (Å²) >= 11 is 0. The highest BCUT2D eigenvalue weighted by Crippen LogP contribution is 2.73. The average molecular weight is 404 g/mol. The molecule has 3 fully saturated rings. The van der Waals surface area contributed by atoms with Crippen molar-refractivity contribution in [1.82, 2.24) is 4.98 Å². The van der Waals surface area contributed by atoms with Gasteiger partial charge < -0.3 is 0 Å². The van der Waals surface area contributed by atoms with Gasteiger partial charge in [0, 0.05) is 28.3 Å². The van der Waals surface area contributed by atoms with Gasteiger partial charge in [0.2, 0.25) is 0 Å².